The number of aromatic nitrogens is 3. The molecule has 0 saturated carbocycles. The van der Waals surface area contributed by atoms with Crippen LogP contribution in [0.15, 0.2) is 168 Å². The van der Waals surface area contributed by atoms with Crippen LogP contribution >= 0.6 is 0 Å². The molecule has 0 aliphatic heterocycles. The third-order valence-corrected chi connectivity index (χ3v) is 10.6. The highest BCUT2D eigenvalue weighted by Gasteiger charge is 2.35. The first-order valence-corrected chi connectivity index (χ1v) is 17.7. The Kier molecular flexibility index (Phi) is 6.80. The molecule has 0 N–H and O–H groups in total. The second-order valence-corrected chi connectivity index (χ2v) is 14.0. The number of furan rings is 1. The van der Waals surface area contributed by atoms with Gasteiger partial charge in [0.1, 0.15) is 11.2 Å². The van der Waals surface area contributed by atoms with Gasteiger partial charge in [0, 0.05) is 38.4 Å². The Bertz CT molecular complexity index is 2740. The quantitative estimate of drug-likeness (QED) is 0.183. The van der Waals surface area contributed by atoms with Crippen molar-refractivity contribution in [2.75, 3.05) is 0 Å². The lowest BCUT2D eigenvalue weighted by molar-refractivity contribution is 0.660. The number of benzene rings is 7. The number of para-hydroxylation sites is 1. The van der Waals surface area contributed by atoms with Crippen LogP contribution in [0.1, 0.15) is 25.0 Å². The fourth-order valence-corrected chi connectivity index (χ4v) is 7.91. The van der Waals surface area contributed by atoms with Gasteiger partial charge in [-0.2, -0.15) is 0 Å². The summed E-state index contributed by atoms with van der Waals surface area (Å²) in [6.07, 6.45) is 0. The molecule has 9 aromatic rings. The number of rotatable bonds is 5. The topological polar surface area (TPSA) is 51.8 Å². The lowest BCUT2D eigenvalue weighted by Crippen LogP contribution is -2.14. The van der Waals surface area contributed by atoms with Gasteiger partial charge < -0.3 is 4.42 Å². The average molecular weight is 668 g/mol. The van der Waals surface area contributed by atoms with Crippen molar-refractivity contribution in [1.82, 2.24) is 15.0 Å². The Labute approximate surface area is 302 Å². The highest BCUT2D eigenvalue weighted by molar-refractivity contribution is 6.13. The molecule has 0 spiro atoms. The number of nitrogens with zero attached hydrogens (tertiary/aromatic N) is 3. The van der Waals surface area contributed by atoms with E-state index in [0.717, 1.165) is 60.9 Å². The summed E-state index contributed by atoms with van der Waals surface area (Å²) in [7, 11) is 0. The molecule has 1 aliphatic carbocycles. The molecule has 4 heteroatoms. The van der Waals surface area contributed by atoms with Gasteiger partial charge in [-0.15, -0.1) is 0 Å². The molecule has 0 amide bonds. The summed E-state index contributed by atoms with van der Waals surface area (Å²) >= 11 is 0. The van der Waals surface area contributed by atoms with Gasteiger partial charge in [-0.05, 0) is 57.1 Å². The molecule has 4 nitrogen and oxygen atoms in total. The van der Waals surface area contributed by atoms with Crippen LogP contribution in [0.3, 0.4) is 0 Å². The summed E-state index contributed by atoms with van der Waals surface area (Å²) in [5.74, 6) is 1.92. The Morgan fingerprint density at radius 1 is 0.404 bits per heavy atom. The summed E-state index contributed by atoms with van der Waals surface area (Å²) < 4.78 is 6.71. The van der Waals surface area contributed by atoms with Crippen molar-refractivity contribution in [2.45, 2.75) is 19.3 Å². The van der Waals surface area contributed by atoms with E-state index < -0.39 is 0 Å². The Morgan fingerprint density at radius 2 is 0.923 bits per heavy atom. The Balaban J connectivity index is 1.13. The van der Waals surface area contributed by atoms with Crippen LogP contribution in [-0.2, 0) is 5.41 Å². The smallest absolute Gasteiger partial charge is 0.164 e. The van der Waals surface area contributed by atoms with Gasteiger partial charge in [0.2, 0.25) is 0 Å². The predicted octanol–water partition coefficient (Wildman–Crippen LogP) is 12.4. The molecule has 0 fully saturated rings. The minimum absolute atomic E-state index is 0.118. The summed E-state index contributed by atoms with van der Waals surface area (Å²) in [5.41, 5.74) is 14.2. The van der Waals surface area contributed by atoms with Gasteiger partial charge in [0.25, 0.3) is 0 Å². The van der Waals surface area contributed by atoms with Crippen LogP contribution in [0.4, 0.5) is 0 Å². The SMILES string of the molecule is CC1(C)c2ccccc2-c2ccc(-c3c(-c4ccc(-c5nc(-c6ccccc6)nc(-c6ccccc6)n5)cc4)ccc4c3oc3ccccc34)cc21. The van der Waals surface area contributed by atoms with Gasteiger partial charge in [-0.1, -0.05) is 159 Å². The zero-order chi connectivity index (χ0) is 34.8. The van der Waals surface area contributed by atoms with Crippen LogP contribution in [0.2, 0.25) is 0 Å². The van der Waals surface area contributed by atoms with Gasteiger partial charge in [0.15, 0.2) is 17.5 Å². The largest absolute Gasteiger partial charge is 0.455 e. The van der Waals surface area contributed by atoms with Crippen molar-refractivity contribution in [3.8, 4) is 67.5 Å². The van der Waals surface area contributed by atoms with E-state index in [1.807, 2.05) is 66.7 Å². The lowest BCUT2D eigenvalue weighted by atomic mass is 9.81. The number of hydrogen-bond acceptors (Lipinski definition) is 4. The number of hydrogen-bond donors (Lipinski definition) is 0. The molecule has 2 heterocycles. The molecule has 0 bridgehead atoms. The van der Waals surface area contributed by atoms with E-state index in [-0.39, 0.29) is 5.41 Å². The zero-order valence-corrected chi connectivity index (χ0v) is 28.8. The first-order valence-electron chi connectivity index (χ1n) is 17.7. The maximum Gasteiger partial charge on any atom is 0.164 e. The highest BCUT2D eigenvalue weighted by atomic mass is 16.3. The van der Waals surface area contributed by atoms with Crippen molar-refractivity contribution in [1.29, 1.82) is 0 Å². The summed E-state index contributed by atoms with van der Waals surface area (Å²) in [4.78, 5) is 14.8. The predicted molar refractivity (Wildman–Crippen MR) is 212 cm³/mol. The standard InChI is InChI=1S/C48H33N3O/c1-48(2)40-19-11-9-17-36(40)37-26-25-34(29-41(37)48)43-35(27-28-39-38-18-10-12-20-42(38)52-44(39)43)30-21-23-33(24-22-30)47-50-45(31-13-5-3-6-14-31)49-46(51-47)32-15-7-4-8-16-32/h3-29H,1-2H3. The normalized spacial score (nSPS) is 13.0. The molecular weight excluding hydrogens is 635 g/mol. The van der Waals surface area contributed by atoms with E-state index in [1.165, 1.54) is 22.3 Å². The summed E-state index contributed by atoms with van der Waals surface area (Å²) in [5, 5.41) is 2.23. The fourth-order valence-electron chi connectivity index (χ4n) is 7.91. The monoisotopic (exact) mass is 667 g/mol. The third-order valence-electron chi connectivity index (χ3n) is 10.6. The van der Waals surface area contributed by atoms with Crippen LogP contribution in [-0.4, -0.2) is 15.0 Å². The molecule has 0 radical (unpaired) electrons. The van der Waals surface area contributed by atoms with E-state index in [2.05, 4.69) is 111 Å². The first kappa shape index (κ1) is 30.2. The summed E-state index contributed by atoms with van der Waals surface area (Å²) in [6, 6.07) is 57.2. The Hall–Kier alpha value is -6.65. The van der Waals surface area contributed by atoms with Crippen LogP contribution < -0.4 is 0 Å². The van der Waals surface area contributed by atoms with Gasteiger partial charge in [0.05, 0.1) is 0 Å². The molecule has 246 valence electrons. The van der Waals surface area contributed by atoms with Crippen molar-refractivity contribution in [3.05, 3.63) is 175 Å². The van der Waals surface area contributed by atoms with Crippen molar-refractivity contribution in [2.24, 2.45) is 0 Å². The number of fused-ring (bicyclic) bond motifs is 6. The lowest BCUT2D eigenvalue weighted by Gasteiger charge is -2.22. The van der Waals surface area contributed by atoms with Crippen molar-refractivity contribution >= 4 is 21.9 Å². The maximum atomic E-state index is 6.71. The minimum atomic E-state index is -0.118. The Morgan fingerprint density at radius 3 is 1.62 bits per heavy atom. The molecule has 0 saturated heterocycles. The molecular formula is C48H33N3O. The molecule has 52 heavy (non-hydrogen) atoms. The molecule has 0 atom stereocenters. The minimum Gasteiger partial charge on any atom is -0.455 e. The van der Waals surface area contributed by atoms with Crippen LogP contribution in [0, 0.1) is 0 Å². The fraction of sp³-hybridized carbons (Fsp3) is 0.0625. The molecule has 7 aromatic carbocycles. The average Bonchev–Trinajstić information content (AvgIpc) is 3.70. The van der Waals surface area contributed by atoms with E-state index in [4.69, 9.17) is 19.4 Å². The van der Waals surface area contributed by atoms with Gasteiger partial charge >= 0.3 is 0 Å². The highest BCUT2D eigenvalue weighted by Crippen LogP contribution is 2.51. The van der Waals surface area contributed by atoms with E-state index >= 15 is 0 Å². The second kappa shape index (κ2) is 11.7. The molecule has 1 aliphatic rings. The van der Waals surface area contributed by atoms with Crippen molar-refractivity contribution < 1.29 is 4.42 Å². The van der Waals surface area contributed by atoms with Gasteiger partial charge in [-0.25, -0.2) is 15.0 Å². The molecule has 10 rings (SSSR count). The molecule has 0 unspecified atom stereocenters. The first-order chi connectivity index (χ1) is 25.5. The summed E-state index contributed by atoms with van der Waals surface area (Å²) in [6.45, 7) is 4.66. The third kappa shape index (κ3) is 4.79. The van der Waals surface area contributed by atoms with Crippen LogP contribution in [0.5, 0.6) is 0 Å². The van der Waals surface area contributed by atoms with E-state index in [9.17, 15) is 0 Å². The molecule has 2 aromatic heterocycles. The van der Waals surface area contributed by atoms with Crippen molar-refractivity contribution in [3.63, 3.8) is 0 Å². The second-order valence-electron chi connectivity index (χ2n) is 14.0. The van der Waals surface area contributed by atoms with E-state index in [0.29, 0.717) is 17.5 Å². The van der Waals surface area contributed by atoms with E-state index in [1.54, 1.807) is 0 Å². The van der Waals surface area contributed by atoms with Gasteiger partial charge in [-0.3, -0.25) is 0 Å². The maximum absolute atomic E-state index is 6.71. The zero-order valence-electron chi connectivity index (χ0n) is 28.8. The van der Waals surface area contributed by atoms with Crippen LogP contribution in [0.25, 0.3) is 89.5 Å².